The van der Waals surface area contributed by atoms with Crippen LogP contribution in [0.15, 0.2) is 18.2 Å². The number of non-ortho nitro benzene ring substituents is 1. The van der Waals surface area contributed by atoms with Crippen molar-refractivity contribution in [3.05, 3.63) is 33.9 Å². The van der Waals surface area contributed by atoms with E-state index in [2.05, 4.69) is 5.32 Å². The van der Waals surface area contributed by atoms with Gasteiger partial charge in [-0.3, -0.25) is 10.1 Å². The molecule has 1 aromatic rings. The lowest BCUT2D eigenvalue weighted by atomic mass is 10.1. The summed E-state index contributed by atoms with van der Waals surface area (Å²) in [6, 6.07) is 4.85. The van der Waals surface area contributed by atoms with Crippen LogP contribution in [0, 0.1) is 17.0 Å². The maximum Gasteiger partial charge on any atom is 0.269 e. The molecule has 0 aromatic heterocycles. The van der Waals surface area contributed by atoms with Gasteiger partial charge < -0.3 is 10.1 Å². The number of nitro benzene ring substituents is 1. The van der Waals surface area contributed by atoms with Gasteiger partial charge in [0.05, 0.1) is 11.0 Å². The molecular formula is C12H16N2O3. The van der Waals surface area contributed by atoms with E-state index in [4.69, 9.17) is 4.74 Å². The topological polar surface area (TPSA) is 64.4 Å². The fourth-order valence-corrected chi connectivity index (χ4v) is 1.99. The molecule has 1 atom stereocenters. The molecule has 2 rings (SSSR count). The SMILES string of the molecule is Cc1cc([N+](=O)[O-])ccc1NCC1CCCO1. The fraction of sp³-hybridized carbons (Fsp3) is 0.500. The Morgan fingerprint density at radius 1 is 1.59 bits per heavy atom. The van der Waals surface area contributed by atoms with Crippen LogP contribution in [0.1, 0.15) is 18.4 Å². The van der Waals surface area contributed by atoms with Crippen molar-refractivity contribution in [2.75, 3.05) is 18.5 Å². The molecule has 1 fully saturated rings. The molecule has 0 saturated carbocycles. The van der Waals surface area contributed by atoms with Crippen LogP contribution in [-0.4, -0.2) is 24.2 Å². The van der Waals surface area contributed by atoms with Gasteiger partial charge in [0.1, 0.15) is 0 Å². The minimum atomic E-state index is -0.378. The summed E-state index contributed by atoms with van der Waals surface area (Å²) in [5.41, 5.74) is 1.95. The average Bonchev–Trinajstić information content (AvgIpc) is 2.80. The van der Waals surface area contributed by atoms with Gasteiger partial charge in [0.2, 0.25) is 0 Å². The number of hydrogen-bond acceptors (Lipinski definition) is 4. The molecule has 1 unspecified atom stereocenters. The second-order valence-corrected chi connectivity index (χ2v) is 4.27. The quantitative estimate of drug-likeness (QED) is 0.644. The molecule has 1 aliphatic rings. The third-order valence-electron chi connectivity index (χ3n) is 2.96. The van der Waals surface area contributed by atoms with Gasteiger partial charge in [-0.1, -0.05) is 0 Å². The summed E-state index contributed by atoms with van der Waals surface area (Å²) >= 11 is 0. The molecule has 1 aromatic carbocycles. The van der Waals surface area contributed by atoms with Crippen LogP contribution in [0.4, 0.5) is 11.4 Å². The number of rotatable bonds is 4. The van der Waals surface area contributed by atoms with Crippen molar-refractivity contribution < 1.29 is 9.66 Å². The molecule has 92 valence electrons. The lowest BCUT2D eigenvalue weighted by molar-refractivity contribution is -0.384. The molecular weight excluding hydrogens is 220 g/mol. The summed E-state index contributed by atoms with van der Waals surface area (Å²) in [6.07, 6.45) is 2.47. The van der Waals surface area contributed by atoms with Gasteiger partial charge in [0.25, 0.3) is 5.69 Å². The first-order valence-electron chi connectivity index (χ1n) is 5.77. The van der Waals surface area contributed by atoms with E-state index in [1.165, 1.54) is 6.07 Å². The molecule has 1 N–H and O–H groups in total. The van der Waals surface area contributed by atoms with Crippen molar-refractivity contribution in [1.82, 2.24) is 0 Å². The number of nitrogens with one attached hydrogen (secondary N) is 1. The summed E-state index contributed by atoms with van der Waals surface area (Å²) in [6.45, 7) is 3.47. The number of nitrogens with zero attached hydrogens (tertiary/aromatic N) is 1. The van der Waals surface area contributed by atoms with Crippen molar-refractivity contribution in [2.45, 2.75) is 25.9 Å². The van der Waals surface area contributed by atoms with E-state index in [1.54, 1.807) is 12.1 Å². The summed E-state index contributed by atoms with van der Waals surface area (Å²) < 4.78 is 5.51. The Bertz CT molecular complexity index is 414. The zero-order valence-corrected chi connectivity index (χ0v) is 9.81. The Kier molecular flexibility index (Phi) is 3.58. The minimum Gasteiger partial charge on any atom is -0.382 e. The Labute approximate surface area is 99.9 Å². The van der Waals surface area contributed by atoms with Gasteiger partial charge >= 0.3 is 0 Å². The van der Waals surface area contributed by atoms with E-state index in [-0.39, 0.29) is 16.7 Å². The third-order valence-corrected chi connectivity index (χ3v) is 2.96. The smallest absolute Gasteiger partial charge is 0.269 e. The van der Waals surface area contributed by atoms with Crippen molar-refractivity contribution in [1.29, 1.82) is 0 Å². The van der Waals surface area contributed by atoms with Crippen LogP contribution in [-0.2, 0) is 4.74 Å². The van der Waals surface area contributed by atoms with E-state index < -0.39 is 0 Å². The van der Waals surface area contributed by atoms with Crippen LogP contribution in [0.25, 0.3) is 0 Å². The first kappa shape index (κ1) is 11.9. The van der Waals surface area contributed by atoms with E-state index in [1.807, 2.05) is 6.92 Å². The van der Waals surface area contributed by atoms with Gasteiger partial charge in [0, 0.05) is 31.0 Å². The highest BCUT2D eigenvalue weighted by molar-refractivity contribution is 5.55. The minimum absolute atomic E-state index is 0.130. The lowest BCUT2D eigenvalue weighted by Gasteiger charge is -2.13. The van der Waals surface area contributed by atoms with Crippen LogP contribution >= 0.6 is 0 Å². The largest absolute Gasteiger partial charge is 0.382 e. The van der Waals surface area contributed by atoms with Crippen molar-refractivity contribution in [3.63, 3.8) is 0 Å². The van der Waals surface area contributed by atoms with Gasteiger partial charge in [-0.15, -0.1) is 0 Å². The molecule has 5 nitrogen and oxygen atoms in total. The van der Waals surface area contributed by atoms with Gasteiger partial charge in [-0.05, 0) is 31.4 Å². The van der Waals surface area contributed by atoms with E-state index in [9.17, 15) is 10.1 Å². The zero-order chi connectivity index (χ0) is 12.3. The summed E-state index contributed by atoms with van der Waals surface area (Å²) in [4.78, 5) is 10.2. The lowest BCUT2D eigenvalue weighted by Crippen LogP contribution is -2.18. The van der Waals surface area contributed by atoms with Crippen LogP contribution < -0.4 is 5.32 Å². The molecule has 1 heterocycles. The zero-order valence-electron chi connectivity index (χ0n) is 9.81. The summed E-state index contributed by atoms with van der Waals surface area (Å²) in [5.74, 6) is 0. The van der Waals surface area contributed by atoms with Gasteiger partial charge in [-0.2, -0.15) is 0 Å². The van der Waals surface area contributed by atoms with Crippen LogP contribution in [0.3, 0.4) is 0 Å². The maximum atomic E-state index is 10.6. The second kappa shape index (κ2) is 5.14. The maximum absolute atomic E-state index is 10.6. The predicted molar refractivity (Wildman–Crippen MR) is 65.3 cm³/mol. The van der Waals surface area contributed by atoms with E-state index >= 15 is 0 Å². The number of benzene rings is 1. The van der Waals surface area contributed by atoms with E-state index in [0.717, 1.165) is 37.2 Å². The number of aryl methyl sites for hydroxylation is 1. The molecule has 0 amide bonds. The Balaban J connectivity index is 1.98. The van der Waals surface area contributed by atoms with E-state index in [0.29, 0.717) is 0 Å². The molecule has 0 radical (unpaired) electrons. The standard InChI is InChI=1S/C12H16N2O3/c1-9-7-10(14(15)16)4-5-12(9)13-8-11-3-2-6-17-11/h4-5,7,11,13H,2-3,6,8H2,1H3. The molecule has 0 bridgehead atoms. The Hall–Kier alpha value is -1.62. The highest BCUT2D eigenvalue weighted by Gasteiger charge is 2.15. The molecule has 1 aliphatic heterocycles. The van der Waals surface area contributed by atoms with Crippen molar-refractivity contribution in [2.24, 2.45) is 0 Å². The third kappa shape index (κ3) is 2.94. The Morgan fingerprint density at radius 3 is 3.00 bits per heavy atom. The first-order valence-corrected chi connectivity index (χ1v) is 5.77. The highest BCUT2D eigenvalue weighted by atomic mass is 16.6. The van der Waals surface area contributed by atoms with Crippen LogP contribution in [0.2, 0.25) is 0 Å². The van der Waals surface area contributed by atoms with Crippen molar-refractivity contribution in [3.8, 4) is 0 Å². The summed E-state index contributed by atoms with van der Waals surface area (Å²) in [7, 11) is 0. The van der Waals surface area contributed by atoms with Crippen molar-refractivity contribution >= 4 is 11.4 Å². The Morgan fingerprint density at radius 2 is 2.41 bits per heavy atom. The summed E-state index contributed by atoms with van der Waals surface area (Å²) in [5, 5.41) is 13.9. The molecule has 0 aliphatic carbocycles. The number of hydrogen-bond donors (Lipinski definition) is 1. The average molecular weight is 236 g/mol. The predicted octanol–water partition coefficient (Wildman–Crippen LogP) is 2.49. The van der Waals surface area contributed by atoms with Gasteiger partial charge in [-0.25, -0.2) is 0 Å². The molecule has 1 saturated heterocycles. The number of anilines is 1. The van der Waals surface area contributed by atoms with Gasteiger partial charge in [0.15, 0.2) is 0 Å². The van der Waals surface area contributed by atoms with Crippen LogP contribution in [0.5, 0.6) is 0 Å². The number of nitro groups is 1. The molecule has 17 heavy (non-hydrogen) atoms. The monoisotopic (exact) mass is 236 g/mol. The highest BCUT2D eigenvalue weighted by Crippen LogP contribution is 2.22. The normalized spacial score (nSPS) is 19.2. The second-order valence-electron chi connectivity index (χ2n) is 4.27. The fourth-order valence-electron chi connectivity index (χ4n) is 1.99. The first-order chi connectivity index (χ1) is 8.16. The molecule has 5 heteroatoms. The number of ether oxygens (including phenoxy) is 1. The molecule has 0 spiro atoms.